The molecule has 0 aliphatic rings. The molecule has 0 atom stereocenters. The molecule has 114 valence electrons. The summed E-state index contributed by atoms with van der Waals surface area (Å²) in [6.07, 6.45) is 2.92. The first-order valence-electron chi connectivity index (χ1n) is 7.49. The number of hydrogen-bond acceptors (Lipinski definition) is 4. The van der Waals surface area contributed by atoms with Crippen molar-refractivity contribution in [3.05, 3.63) is 30.5 Å². The Kier molecular flexibility index (Phi) is 5.39. The van der Waals surface area contributed by atoms with Crippen LogP contribution in [-0.2, 0) is 0 Å². The average Bonchev–Trinajstić information content (AvgIpc) is 2.50. The van der Waals surface area contributed by atoms with Crippen LogP contribution >= 0.6 is 0 Å². The fraction of sp³-hybridized carbons (Fsp3) is 0.471. The summed E-state index contributed by atoms with van der Waals surface area (Å²) in [5.74, 6) is 1.82. The minimum absolute atomic E-state index is 0.588. The number of rotatable bonds is 7. The van der Waals surface area contributed by atoms with Crippen molar-refractivity contribution in [3.8, 4) is 5.75 Å². The van der Waals surface area contributed by atoms with E-state index in [0.717, 1.165) is 41.9 Å². The number of methoxy groups -OCH3 is 1. The molecule has 0 fully saturated rings. The van der Waals surface area contributed by atoms with Crippen LogP contribution in [0.5, 0.6) is 5.75 Å². The number of anilines is 1. The summed E-state index contributed by atoms with van der Waals surface area (Å²) in [7, 11) is 3.86. The zero-order valence-electron chi connectivity index (χ0n) is 13.4. The number of aromatic nitrogens is 1. The molecular weight excluding hydrogens is 262 g/mol. The van der Waals surface area contributed by atoms with Gasteiger partial charge in [0.2, 0.25) is 0 Å². The summed E-state index contributed by atoms with van der Waals surface area (Å²) in [4.78, 5) is 6.80. The molecule has 4 nitrogen and oxygen atoms in total. The molecule has 0 unspecified atom stereocenters. The first kappa shape index (κ1) is 15.6. The van der Waals surface area contributed by atoms with Crippen LogP contribution in [0.25, 0.3) is 10.8 Å². The van der Waals surface area contributed by atoms with Gasteiger partial charge in [0.15, 0.2) is 0 Å². The van der Waals surface area contributed by atoms with Gasteiger partial charge in [-0.25, -0.2) is 4.98 Å². The van der Waals surface area contributed by atoms with Gasteiger partial charge < -0.3 is 15.0 Å². The predicted molar refractivity (Wildman–Crippen MR) is 89.2 cm³/mol. The smallest absolute Gasteiger partial charge is 0.133 e. The van der Waals surface area contributed by atoms with Crippen LogP contribution in [0.1, 0.15) is 20.3 Å². The van der Waals surface area contributed by atoms with E-state index in [1.165, 1.54) is 0 Å². The quantitative estimate of drug-likeness (QED) is 0.792. The highest BCUT2D eigenvalue weighted by atomic mass is 16.5. The van der Waals surface area contributed by atoms with Crippen molar-refractivity contribution in [1.29, 1.82) is 0 Å². The Labute approximate surface area is 127 Å². The summed E-state index contributed by atoms with van der Waals surface area (Å²) in [6, 6.07) is 8.63. The van der Waals surface area contributed by atoms with Crippen molar-refractivity contribution in [2.75, 3.05) is 32.6 Å². The lowest BCUT2D eigenvalue weighted by Crippen LogP contribution is -2.28. The topological polar surface area (TPSA) is 37.4 Å². The summed E-state index contributed by atoms with van der Waals surface area (Å²) < 4.78 is 5.40. The molecule has 21 heavy (non-hydrogen) atoms. The molecule has 0 aliphatic heterocycles. The van der Waals surface area contributed by atoms with E-state index >= 15 is 0 Å². The SMILES string of the molecule is COc1cccc2c(NCCCN(C)C(C)C)nccc12. The third kappa shape index (κ3) is 3.85. The largest absolute Gasteiger partial charge is 0.496 e. The Morgan fingerprint density at radius 1 is 1.24 bits per heavy atom. The molecule has 0 aliphatic carbocycles. The molecule has 0 amide bonds. The molecule has 0 spiro atoms. The zero-order chi connectivity index (χ0) is 15.2. The number of nitrogens with one attached hydrogen (secondary N) is 1. The maximum absolute atomic E-state index is 5.40. The molecule has 0 radical (unpaired) electrons. The van der Waals surface area contributed by atoms with Gasteiger partial charge in [0, 0.05) is 29.6 Å². The van der Waals surface area contributed by atoms with Crippen LogP contribution in [0.15, 0.2) is 30.5 Å². The molecule has 2 aromatic rings. The minimum atomic E-state index is 0.588. The maximum atomic E-state index is 5.40. The number of benzene rings is 1. The number of fused-ring (bicyclic) bond motifs is 1. The van der Waals surface area contributed by atoms with Gasteiger partial charge in [0.05, 0.1) is 7.11 Å². The van der Waals surface area contributed by atoms with E-state index in [0.29, 0.717) is 6.04 Å². The van der Waals surface area contributed by atoms with E-state index in [-0.39, 0.29) is 0 Å². The van der Waals surface area contributed by atoms with Crippen LogP contribution in [0.3, 0.4) is 0 Å². The Hall–Kier alpha value is -1.81. The molecule has 0 saturated carbocycles. The van der Waals surface area contributed by atoms with Crippen LogP contribution < -0.4 is 10.1 Å². The van der Waals surface area contributed by atoms with E-state index in [4.69, 9.17) is 4.74 Å². The summed E-state index contributed by atoms with van der Waals surface area (Å²) in [6.45, 7) is 6.43. The summed E-state index contributed by atoms with van der Waals surface area (Å²) in [5, 5.41) is 5.64. The van der Waals surface area contributed by atoms with Gasteiger partial charge in [-0.2, -0.15) is 0 Å². The minimum Gasteiger partial charge on any atom is -0.496 e. The monoisotopic (exact) mass is 287 g/mol. The van der Waals surface area contributed by atoms with E-state index in [9.17, 15) is 0 Å². The molecule has 1 aromatic carbocycles. The van der Waals surface area contributed by atoms with Gasteiger partial charge in [-0.1, -0.05) is 12.1 Å². The normalized spacial score (nSPS) is 11.3. The number of nitrogens with zero attached hydrogens (tertiary/aromatic N) is 2. The molecular formula is C17H25N3O. The van der Waals surface area contributed by atoms with E-state index in [1.807, 2.05) is 24.4 Å². The predicted octanol–water partition coefficient (Wildman–Crippen LogP) is 3.39. The van der Waals surface area contributed by atoms with Crippen LogP contribution in [0.2, 0.25) is 0 Å². The van der Waals surface area contributed by atoms with E-state index in [1.54, 1.807) is 7.11 Å². The van der Waals surface area contributed by atoms with Gasteiger partial charge in [0.25, 0.3) is 0 Å². The molecule has 1 aromatic heterocycles. The molecule has 0 bridgehead atoms. The lowest BCUT2D eigenvalue weighted by Gasteiger charge is -2.20. The van der Waals surface area contributed by atoms with Crippen molar-refractivity contribution in [2.24, 2.45) is 0 Å². The Balaban J connectivity index is 2.02. The Morgan fingerprint density at radius 2 is 2.05 bits per heavy atom. The van der Waals surface area contributed by atoms with Crippen LogP contribution in [0.4, 0.5) is 5.82 Å². The average molecular weight is 287 g/mol. The van der Waals surface area contributed by atoms with Gasteiger partial charge in [-0.3, -0.25) is 0 Å². The molecule has 4 heteroatoms. The number of pyridine rings is 1. The van der Waals surface area contributed by atoms with Gasteiger partial charge in [0.1, 0.15) is 11.6 Å². The van der Waals surface area contributed by atoms with Gasteiger partial charge >= 0.3 is 0 Å². The second-order valence-corrected chi connectivity index (χ2v) is 5.57. The molecule has 1 N–H and O–H groups in total. The van der Waals surface area contributed by atoms with Crippen molar-refractivity contribution >= 4 is 16.6 Å². The van der Waals surface area contributed by atoms with E-state index < -0.39 is 0 Å². The molecule has 1 heterocycles. The highest BCUT2D eigenvalue weighted by molar-refractivity contribution is 5.95. The second-order valence-electron chi connectivity index (χ2n) is 5.57. The number of ether oxygens (including phenoxy) is 1. The van der Waals surface area contributed by atoms with Crippen LogP contribution in [0, 0.1) is 0 Å². The van der Waals surface area contributed by atoms with Crippen molar-refractivity contribution in [3.63, 3.8) is 0 Å². The lowest BCUT2D eigenvalue weighted by molar-refractivity contribution is 0.273. The van der Waals surface area contributed by atoms with Gasteiger partial charge in [-0.05, 0) is 46.0 Å². The number of hydrogen-bond donors (Lipinski definition) is 1. The van der Waals surface area contributed by atoms with Crippen LogP contribution in [-0.4, -0.2) is 43.2 Å². The summed E-state index contributed by atoms with van der Waals surface area (Å²) >= 11 is 0. The fourth-order valence-electron chi connectivity index (χ4n) is 2.29. The maximum Gasteiger partial charge on any atom is 0.133 e. The highest BCUT2D eigenvalue weighted by Crippen LogP contribution is 2.28. The van der Waals surface area contributed by atoms with Crippen molar-refractivity contribution in [2.45, 2.75) is 26.3 Å². The highest BCUT2D eigenvalue weighted by Gasteiger charge is 2.06. The van der Waals surface area contributed by atoms with Gasteiger partial charge in [-0.15, -0.1) is 0 Å². The third-order valence-electron chi connectivity index (χ3n) is 3.85. The standard InChI is InChI=1S/C17H25N3O/c1-13(2)20(3)12-6-10-18-17-15-7-5-8-16(21-4)14(15)9-11-19-17/h5,7-9,11,13H,6,10,12H2,1-4H3,(H,18,19). The Morgan fingerprint density at radius 3 is 2.76 bits per heavy atom. The van der Waals surface area contributed by atoms with Crippen molar-refractivity contribution in [1.82, 2.24) is 9.88 Å². The lowest BCUT2D eigenvalue weighted by atomic mass is 10.1. The molecule has 2 rings (SSSR count). The van der Waals surface area contributed by atoms with E-state index in [2.05, 4.69) is 42.2 Å². The first-order chi connectivity index (χ1) is 10.1. The Bertz CT molecular complexity index is 583. The molecule has 0 saturated heterocycles. The zero-order valence-corrected chi connectivity index (χ0v) is 13.4. The van der Waals surface area contributed by atoms with Crippen molar-refractivity contribution < 1.29 is 4.74 Å². The fourth-order valence-corrected chi connectivity index (χ4v) is 2.29. The second kappa shape index (κ2) is 7.27. The first-order valence-corrected chi connectivity index (χ1v) is 7.49. The third-order valence-corrected chi connectivity index (χ3v) is 3.85. The summed E-state index contributed by atoms with van der Waals surface area (Å²) in [5.41, 5.74) is 0.